The lowest BCUT2D eigenvalue weighted by molar-refractivity contribution is -0.144. The molecule has 0 fully saturated rings. The van der Waals surface area contributed by atoms with Crippen LogP contribution in [0.4, 0.5) is 8.78 Å². The van der Waals surface area contributed by atoms with Crippen LogP contribution in [-0.4, -0.2) is 25.0 Å². The van der Waals surface area contributed by atoms with Crippen molar-refractivity contribution >= 4 is 11.9 Å². The number of ether oxygens (including phenoxy) is 1. The Hall–Kier alpha value is -2.24. The molecule has 1 aromatic rings. The number of allylic oxidation sites excluding steroid dienone is 2. The molecule has 23 heavy (non-hydrogen) atoms. The molecule has 0 aromatic heterocycles. The van der Waals surface area contributed by atoms with E-state index < -0.39 is 23.5 Å². The van der Waals surface area contributed by atoms with Crippen molar-refractivity contribution < 1.29 is 23.1 Å². The van der Waals surface area contributed by atoms with Crippen LogP contribution >= 0.6 is 0 Å². The number of esters is 1. The molecule has 2 rings (SSSR count). The van der Waals surface area contributed by atoms with E-state index in [9.17, 15) is 18.4 Å². The molecule has 1 N–H and O–H groups in total. The summed E-state index contributed by atoms with van der Waals surface area (Å²) in [5, 5.41) is 2.41. The number of hydrogen-bond acceptors (Lipinski definition) is 3. The van der Waals surface area contributed by atoms with Crippen molar-refractivity contribution in [3.05, 3.63) is 47.5 Å². The first-order valence-electron chi connectivity index (χ1n) is 7.60. The fourth-order valence-corrected chi connectivity index (χ4v) is 2.34. The highest BCUT2D eigenvalue weighted by atomic mass is 19.1. The minimum Gasteiger partial charge on any atom is -0.465 e. The maximum atomic E-state index is 13.4. The van der Waals surface area contributed by atoms with Crippen LogP contribution in [0.15, 0.2) is 30.4 Å². The summed E-state index contributed by atoms with van der Waals surface area (Å²) in [5.41, 5.74) is -0.256. The van der Waals surface area contributed by atoms with Crippen molar-refractivity contribution in [2.45, 2.75) is 25.7 Å². The molecule has 124 valence electrons. The van der Waals surface area contributed by atoms with Crippen LogP contribution in [-0.2, 0) is 9.53 Å². The van der Waals surface area contributed by atoms with Crippen LogP contribution in [0, 0.1) is 17.6 Å². The number of carbonyl (C=O) groups excluding carboxylic acids is 2. The van der Waals surface area contributed by atoms with Gasteiger partial charge < -0.3 is 10.1 Å². The second kappa shape index (κ2) is 8.41. The van der Waals surface area contributed by atoms with Crippen LogP contribution in [0.5, 0.6) is 0 Å². The van der Waals surface area contributed by atoms with Crippen LogP contribution in [0.25, 0.3) is 0 Å². The molecule has 1 amide bonds. The van der Waals surface area contributed by atoms with E-state index in [2.05, 4.69) is 17.5 Å². The summed E-state index contributed by atoms with van der Waals surface area (Å²) in [4.78, 5) is 23.3. The molecule has 0 radical (unpaired) electrons. The smallest absolute Gasteiger partial charge is 0.307 e. The van der Waals surface area contributed by atoms with Crippen molar-refractivity contribution in [2.75, 3.05) is 13.2 Å². The summed E-state index contributed by atoms with van der Waals surface area (Å²) in [6.45, 7) is 0.419. The molecule has 0 aliphatic heterocycles. The SMILES string of the molecule is O=C(CCNC(=O)c1ccc(F)cc1F)OCC1CC=CCC1. The molecule has 0 bridgehead atoms. The van der Waals surface area contributed by atoms with E-state index in [1.165, 1.54) is 0 Å². The molecular weight excluding hydrogens is 304 g/mol. The number of benzene rings is 1. The van der Waals surface area contributed by atoms with Gasteiger partial charge in [0.05, 0.1) is 18.6 Å². The van der Waals surface area contributed by atoms with Gasteiger partial charge >= 0.3 is 5.97 Å². The highest BCUT2D eigenvalue weighted by Crippen LogP contribution is 2.18. The summed E-state index contributed by atoms with van der Waals surface area (Å²) < 4.78 is 31.3. The van der Waals surface area contributed by atoms with Gasteiger partial charge in [0.15, 0.2) is 0 Å². The number of carbonyl (C=O) groups is 2. The molecule has 6 heteroatoms. The molecule has 1 aliphatic carbocycles. The molecule has 1 aliphatic rings. The van der Waals surface area contributed by atoms with Gasteiger partial charge in [0, 0.05) is 12.6 Å². The summed E-state index contributed by atoms with van der Waals surface area (Å²) >= 11 is 0. The lowest BCUT2D eigenvalue weighted by Gasteiger charge is -2.17. The van der Waals surface area contributed by atoms with E-state index in [4.69, 9.17) is 4.74 Å². The van der Waals surface area contributed by atoms with Gasteiger partial charge in [-0.15, -0.1) is 0 Å². The van der Waals surface area contributed by atoms with Crippen LogP contribution in [0.3, 0.4) is 0 Å². The van der Waals surface area contributed by atoms with Crippen LogP contribution in [0.1, 0.15) is 36.0 Å². The van der Waals surface area contributed by atoms with E-state index in [-0.39, 0.29) is 18.5 Å². The fourth-order valence-electron chi connectivity index (χ4n) is 2.34. The number of nitrogens with one attached hydrogen (secondary N) is 1. The predicted molar refractivity (Wildman–Crippen MR) is 80.7 cm³/mol. The lowest BCUT2D eigenvalue weighted by Crippen LogP contribution is -2.27. The van der Waals surface area contributed by atoms with E-state index in [0.29, 0.717) is 18.6 Å². The summed E-state index contributed by atoms with van der Waals surface area (Å²) in [6.07, 6.45) is 7.12. The van der Waals surface area contributed by atoms with E-state index in [0.717, 1.165) is 31.4 Å². The first-order chi connectivity index (χ1) is 11.1. The van der Waals surface area contributed by atoms with E-state index in [1.807, 2.05) is 0 Å². The standard InChI is InChI=1S/C17H19F2NO3/c18-13-6-7-14(15(19)10-13)17(22)20-9-8-16(21)23-11-12-4-2-1-3-5-12/h1-2,6-7,10,12H,3-5,8-9,11H2,(H,20,22). The minimum absolute atomic E-state index is 0.0110. The zero-order valence-electron chi connectivity index (χ0n) is 12.7. The number of hydrogen-bond donors (Lipinski definition) is 1. The third-order valence-electron chi connectivity index (χ3n) is 3.65. The van der Waals surface area contributed by atoms with Crippen molar-refractivity contribution in [1.82, 2.24) is 5.32 Å². The quantitative estimate of drug-likeness (QED) is 0.647. The van der Waals surface area contributed by atoms with Gasteiger partial charge in [-0.05, 0) is 37.3 Å². The Morgan fingerprint density at radius 3 is 2.78 bits per heavy atom. The average Bonchev–Trinajstić information content (AvgIpc) is 2.53. The second-order valence-electron chi connectivity index (χ2n) is 5.46. The number of halogens is 2. The zero-order valence-corrected chi connectivity index (χ0v) is 12.7. The fraction of sp³-hybridized carbons (Fsp3) is 0.412. The van der Waals surface area contributed by atoms with Crippen LogP contribution in [0.2, 0.25) is 0 Å². The van der Waals surface area contributed by atoms with Gasteiger partial charge in [-0.25, -0.2) is 8.78 Å². The van der Waals surface area contributed by atoms with Gasteiger partial charge in [0.25, 0.3) is 5.91 Å². The lowest BCUT2D eigenvalue weighted by atomic mass is 9.95. The molecular formula is C17H19F2NO3. The second-order valence-corrected chi connectivity index (χ2v) is 5.46. The maximum absolute atomic E-state index is 13.4. The van der Waals surface area contributed by atoms with Gasteiger partial charge in [0.2, 0.25) is 0 Å². The summed E-state index contributed by atoms with van der Waals surface area (Å²) in [6, 6.07) is 2.71. The Labute approximate surface area is 133 Å². The Kier molecular flexibility index (Phi) is 6.26. The molecule has 1 atom stereocenters. The number of amides is 1. The Balaban J connectivity index is 1.68. The van der Waals surface area contributed by atoms with Crippen molar-refractivity contribution in [3.8, 4) is 0 Å². The maximum Gasteiger partial charge on any atom is 0.307 e. The van der Waals surface area contributed by atoms with Gasteiger partial charge in [-0.2, -0.15) is 0 Å². The monoisotopic (exact) mass is 323 g/mol. The topological polar surface area (TPSA) is 55.4 Å². The average molecular weight is 323 g/mol. The molecule has 0 spiro atoms. The molecule has 1 aromatic carbocycles. The van der Waals surface area contributed by atoms with E-state index in [1.54, 1.807) is 0 Å². The Morgan fingerprint density at radius 1 is 1.26 bits per heavy atom. The summed E-state index contributed by atoms with van der Waals surface area (Å²) in [7, 11) is 0. The molecule has 4 nitrogen and oxygen atoms in total. The van der Waals surface area contributed by atoms with Gasteiger partial charge in [-0.1, -0.05) is 12.2 Å². The summed E-state index contributed by atoms with van der Waals surface area (Å²) in [5.74, 6) is -2.42. The van der Waals surface area contributed by atoms with Crippen LogP contribution < -0.4 is 5.32 Å². The van der Waals surface area contributed by atoms with Crippen molar-refractivity contribution in [2.24, 2.45) is 5.92 Å². The highest BCUT2D eigenvalue weighted by molar-refractivity contribution is 5.94. The Bertz CT molecular complexity index is 602. The molecule has 1 unspecified atom stereocenters. The normalized spacial score (nSPS) is 16.9. The van der Waals surface area contributed by atoms with E-state index >= 15 is 0 Å². The van der Waals surface area contributed by atoms with Gasteiger partial charge in [-0.3, -0.25) is 9.59 Å². The largest absolute Gasteiger partial charge is 0.465 e. The first-order valence-corrected chi connectivity index (χ1v) is 7.60. The first kappa shape index (κ1) is 17.1. The Morgan fingerprint density at radius 2 is 2.09 bits per heavy atom. The third kappa shape index (κ3) is 5.47. The van der Waals surface area contributed by atoms with Gasteiger partial charge in [0.1, 0.15) is 11.6 Å². The zero-order chi connectivity index (χ0) is 16.7. The third-order valence-corrected chi connectivity index (χ3v) is 3.65. The highest BCUT2D eigenvalue weighted by Gasteiger charge is 2.14. The minimum atomic E-state index is -0.935. The predicted octanol–water partition coefficient (Wildman–Crippen LogP) is 2.98. The molecule has 0 heterocycles. The molecule has 0 saturated carbocycles. The molecule has 0 saturated heterocycles. The number of rotatable bonds is 6. The van der Waals surface area contributed by atoms with Crippen molar-refractivity contribution in [3.63, 3.8) is 0 Å². The van der Waals surface area contributed by atoms with Crippen molar-refractivity contribution in [1.29, 1.82) is 0 Å².